The van der Waals surface area contributed by atoms with Crippen LogP contribution in [0.5, 0.6) is 0 Å². The van der Waals surface area contributed by atoms with Crippen LogP contribution < -0.4 is 0 Å². The van der Waals surface area contributed by atoms with Crippen molar-refractivity contribution < 1.29 is 20.1 Å². The lowest BCUT2D eigenvalue weighted by atomic mass is 9.63. The molecule has 1 saturated heterocycles. The Morgan fingerprint density at radius 3 is 1.73 bits per heavy atom. The molecule has 0 radical (unpaired) electrons. The van der Waals surface area contributed by atoms with Gasteiger partial charge in [-0.25, -0.2) is 0 Å². The topological polar surface area (TPSA) is 73.2 Å². The van der Waals surface area contributed by atoms with E-state index in [9.17, 15) is 15.3 Å². The van der Waals surface area contributed by atoms with E-state index in [-0.39, 0.29) is 28.1 Å². The number of aliphatic hydroxyl groups is 3. The van der Waals surface area contributed by atoms with Gasteiger partial charge in [-0.2, -0.15) is 0 Å². The van der Waals surface area contributed by atoms with Crippen molar-refractivity contribution in [3.05, 3.63) is 113 Å². The normalized spacial score (nSPS) is 34.7. The standard InChI is InChI=1S/C40H56O4/c1-29(17-13-19-31(3)21-22-35-36(5,6)25-33(41)27-38(35,9)43)15-11-12-16-30(2)18-14-20-32(4)23-24-40-37(7,8)26-34(42)28-39(40,10)44-40/h11-21,23-24,33-34,41-43H,25-28H2,1-10H3/b12-11+,17-13+,18-14+,24-23+,29-15-,30-16-,31-19+,32-20-/t22?,33-,34-,38+,39+,40-/m0/s1. The first-order valence-corrected chi connectivity index (χ1v) is 16.0. The van der Waals surface area contributed by atoms with Gasteiger partial charge >= 0.3 is 0 Å². The van der Waals surface area contributed by atoms with E-state index in [4.69, 9.17) is 4.74 Å². The van der Waals surface area contributed by atoms with Gasteiger partial charge in [-0.15, -0.1) is 5.73 Å². The van der Waals surface area contributed by atoms with E-state index < -0.39 is 11.7 Å². The van der Waals surface area contributed by atoms with Gasteiger partial charge in [-0.05, 0) is 77.5 Å². The minimum Gasteiger partial charge on any atom is -0.393 e. The van der Waals surface area contributed by atoms with Crippen LogP contribution in [0, 0.1) is 10.8 Å². The molecule has 1 heterocycles. The third-order valence-electron chi connectivity index (χ3n) is 9.39. The lowest BCUT2D eigenvalue weighted by Crippen LogP contribution is -2.46. The first-order chi connectivity index (χ1) is 20.3. The van der Waals surface area contributed by atoms with E-state index in [2.05, 4.69) is 110 Å². The smallest absolute Gasteiger partial charge is 0.121 e. The molecule has 3 rings (SSSR count). The van der Waals surface area contributed by atoms with Gasteiger partial charge in [-0.1, -0.05) is 111 Å². The quantitative estimate of drug-likeness (QED) is 0.141. The van der Waals surface area contributed by atoms with Crippen LogP contribution in [0.25, 0.3) is 0 Å². The van der Waals surface area contributed by atoms with E-state index in [0.29, 0.717) is 19.3 Å². The molecule has 0 aromatic rings. The van der Waals surface area contributed by atoms with Crippen LogP contribution in [0.2, 0.25) is 0 Å². The predicted octanol–water partition coefficient (Wildman–Crippen LogP) is 8.72. The fourth-order valence-electron chi connectivity index (χ4n) is 7.25. The molecule has 1 aliphatic heterocycles. The van der Waals surface area contributed by atoms with E-state index in [1.54, 1.807) is 6.92 Å². The molecule has 2 saturated carbocycles. The van der Waals surface area contributed by atoms with Gasteiger partial charge in [-0.3, -0.25) is 0 Å². The summed E-state index contributed by atoms with van der Waals surface area (Å²) in [4.78, 5) is 0. The summed E-state index contributed by atoms with van der Waals surface area (Å²) in [5.41, 5.74) is 6.63. The summed E-state index contributed by atoms with van der Waals surface area (Å²) in [5, 5.41) is 31.2. The monoisotopic (exact) mass is 600 g/mol. The average Bonchev–Trinajstić information content (AvgIpc) is 3.49. The van der Waals surface area contributed by atoms with Crippen LogP contribution >= 0.6 is 0 Å². The van der Waals surface area contributed by atoms with Crippen molar-refractivity contribution in [3.63, 3.8) is 0 Å². The van der Waals surface area contributed by atoms with Crippen molar-refractivity contribution >= 4 is 0 Å². The second-order valence-corrected chi connectivity index (χ2v) is 15.0. The molecule has 4 heteroatoms. The summed E-state index contributed by atoms with van der Waals surface area (Å²) in [6.45, 7) is 20.6. The van der Waals surface area contributed by atoms with Gasteiger partial charge in [0.2, 0.25) is 0 Å². The lowest BCUT2D eigenvalue weighted by molar-refractivity contribution is -0.0268. The van der Waals surface area contributed by atoms with Crippen molar-refractivity contribution in [2.45, 2.75) is 124 Å². The summed E-state index contributed by atoms with van der Waals surface area (Å²) in [7, 11) is 0. The zero-order valence-corrected chi connectivity index (χ0v) is 28.7. The van der Waals surface area contributed by atoms with E-state index in [1.165, 1.54) is 0 Å². The first kappa shape index (κ1) is 35.8. The molecule has 3 aliphatic rings. The maximum absolute atomic E-state index is 10.9. The van der Waals surface area contributed by atoms with Crippen molar-refractivity contribution in [1.29, 1.82) is 0 Å². The molecular weight excluding hydrogens is 544 g/mol. The molecule has 0 unspecified atom stereocenters. The number of ether oxygens (including phenoxy) is 1. The Morgan fingerprint density at radius 2 is 1.18 bits per heavy atom. The average molecular weight is 601 g/mol. The maximum atomic E-state index is 10.9. The Kier molecular flexibility index (Phi) is 11.2. The molecule has 2 aliphatic carbocycles. The van der Waals surface area contributed by atoms with Crippen molar-refractivity contribution in [2.75, 3.05) is 0 Å². The fourth-order valence-corrected chi connectivity index (χ4v) is 7.25. The number of allylic oxidation sites excluding steroid dienone is 15. The molecule has 3 fully saturated rings. The molecule has 4 nitrogen and oxygen atoms in total. The highest BCUT2D eigenvalue weighted by Gasteiger charge is 2.74. The highest BCUT2D eigenvalue weighted by molar-refractivity contribution is 5.37. The second-order valence-electron chi connectivity index (χ2n) is 15.0. The van der Waals surface area contributed by atoms with Gasteiger partial charge in [0.15, 0.2) is 0 Å². The minimum absolute atomic E-state index is 0.103. The predicted molar refractivity (Wildman–Crippen MR) is 184 cm³/mol. The minimum atomic E-state index is -1.05. The van der Waals surface area contributed by atoms with Crippen LogP contribution in [0.15, 0.2) is 113 Å². The highest BCUT2D eigenvalue weighted by Crippen LogP contribution is 2.66. The summed E-state index contributed by atoms with van der Waals surface area (Å²) >= 11 is 0. The summed E-state index contributed by atoms with van der Waals surface area (Å²) in [6.07, 6.45) is 28.5. The Morgan fingerprint density at radius 1 is 0.682 bits per heavy atom. The second kappa shape index (κ2) is 13.7. The van der Waals surface area contributed by atoms with Gasteiger partial charge in [0.05, 0.1) is 17.8 Å². The summed E-state index contributed by atoms with van der Waals surface area (Å²) in [5.74, 6) is 0. The van der Waals surface area contributed by atoms with Crippen molar-refractivity contribution in [3.8, 4) is 0 Å². The summed E-state index contributed by atoms with van der Waals surface area (Å²) in [6, 6.07) is 0. The summed E-state index contributed by atoms with van der Waals surface area (Å²) < 4.78 is 6.24. The Labute approximate surface area is 267 Å². The molecule has 3 N–H and O–H groups in total. The van der Waals surface area contributed by atoms with Gasteiger partial charge in [0.25, 0.3) is 0 Å². The third kappa shape index (κ3) is 8.71. The molecule has 5 atom stereocenters. The number of epoxide rings is 1. The van der Waals surface area contributed by atoms with E-state index in [0.717, 1.165) is 34.3 Å². The molecule has 240 valence electrons. The number of hydrogen-bond donors (Lipinski definition) is 3. The third-order valence-corrected chi connectivity index (χ3v) is 9.39. The first-order valence-electron chi connectivity index (χ1n) is 16.0. The molecule has 0 aromatic heterocycles. The lowest BCUT2D eigenvalue weighted by Gasteiger charge is -2.43. The van der Waals surface area contributed by atoms with Crippen LogP contribution in [0.1, 0.15) is 94.9 Å². The SMILES string of the molecule is CC(=C/C=C/C=C(C)\C=C\C=C(/C)C=C=C1C(C)(C)C[C@H](O)C[C@@]1(C)O)/C=C/C=C(C)\C=C\[C@@]12O[C@]1(C)C[C@@H](O)CC2(C)C. The van der Waals surface area contributed by atoms with Gasteiger partial charge in [0.1, 0.15) is 11.2 Å². The molecule has 0 spiro atoms. The van der Waals surface area contributed by atoms with Crippen molar-refractivity contribution in [1.82, 2.24) is 0 Å². The van der Waals surface area contributed by atoms with E-state index >= 15 is 0 Å². The van der Waals surface area contributed by atoms with Crippen LogP contribution in [0.4, 0.5) is 0 Å². The van der Waals surface area contributed by atoms with E-state index in [1.807, 2.05) is 37.3 Å². The highest BCUT2D eigenvalue weighted by atomic mass is 16.6. The zero-order valence-electron chi connectivity index (χ0n) is 28.7. The van der Waals surface area contributed by atoms with Crippen LogP contribution in [-0.4, -0.2) is 44.3 Å². The molecule has 44 heavy (non-hydrogen) atoms. The number of fused-ring (bicyclic) bond motifs is 1. The van der Waals surface area contributed by atoms with Crippen LogP contribution in [0.3, 0.4) is 0 Å². The molecule has 0 bridgehead atoms. The molecule has 0 amide bonds. The van der Waals surface area contributed by atoms with Gasteiger partial charge in [0, 0.05) is 23.8 Å². The molecule has 0 aromatic carbocycles. The Hall–Kier alpha value is -2.72. The largest absolute Gasteiger partial charge is 0.393 e. The Bertz CT molecular complexity index is 1360. The zero-order chi connectivity index (χ0) is 33.0. The van der Waals surface area contributed by atoms with Gasteiger partial charge < -0.3 is 20.1 Å². The Balaban J connectivity index is 1.53. The number of rotatable bonds is 9. The number of hydrogen-bond acceptors (Lipinski definition) is 4. The number of aliphatic hydroxyl groups excluding tert-OH is 2. The maximum Gasteiger partial charge on any atom is 0.121 e. The molecular formula is C40H56O4. The fraction of sp³-hybridized carbons (Fsp3) is 0.525. The van der Waals surface area contributed by atoms with Crippen molar-refractivity contribution in [2.24, 2.45) is 10.8 Å². The van der Waals surface area contributed by atoms with Crippen LogP contribution in [-0.2, 0) is 4.74 Å².